The van der Waals surface area contributed by atoms with Crippen molar-refractivity contribution >= 4 is 17.9 Å². The SMILES string of the molecule is C[C@H](Oc1cc(N2CCN(C(=O)OC(C)(C)C)CC2)nc(C(=O)O)n1)[C@@H]1CCCN1C. The van der Waals surface area contributed by atoms with Gasteiger partial charge in [-0.1, -0.05) is 0 Å². The predicted octanol–water partition coefficient (Wildman–Crippen LogP) is 2.09. The van der Waals surface area contributed by atoms with Crippen LogP contribution in [0.3, 0.4) is 0 Å². The molecule has 0 aromatic carbocycles. The van der Waals surface area contributed by atoms with E-state index in [1.807, 2.05) is 32.6 Å². The predicted molar refractivity (Wildman–Crippen MR) is 115 cm³/mol. The molecule has 2 aliphatic rings. The van der Waals surface area contributed by atoms with Crippen LogP contribution in [0.15, 0.2) is 6.07 Å². The molecule has 0 aliphatic carbocycles. The smallest absolute Gasteiger partial charge is 0.410 e. The molecule has 2 aliphatic heterocycles. The van der Waals surface area contributed by atoms with Gasteiger partial charge in [-0.05, 0) is 54.1 Å². The molecule has 31 heavy (non-hydrogen) atoms. The highest BCUT2D eigenvalue weighted by atomic mass is 16.6. The number of rotatable bonds is 5. The normalized spacial score (nSPS) is 21.1. The molecule has 0 saturated carbocycles. The van der Waals surface area contributed by atoms with E-state index < -0.39 is 11.6 Å². The van der Waals surface area contributed by atoms with Crippen LogP contribution in [0.25, 0.3) is 0 Å². The van der Waals surface area contributed by atoms with Crippen LogP contribution in [0.2, 0.25) is 0 Å². The van der Waals surface area contributed by atoms with Crippen LogP contribution in [0.5, 0.6) is 5.88 Å². The van der Waals surface area contributed by atoms with Crippen molar-refractivity contribution in [3.8, 4) is 5.88 Å². The van der Waals surface area contributed by atoms with Gasteiger partial charge in [-0.25, -0.2) is 14.6 Å². The zero-order valence-electron chi connectivity index (χ0n) is 19.0. The van der Waals surface area contributed by atoms with E-state index in [0.717, 1.165) is 19.4 Å². The molecule has 0 unspecified atom stereocenters. The summed E-state index contributed by atoms with van der Waals surface area (Å²) in [5, 5.41) is 9.47. The van der Waals surface area contributed by atoms with Crippen LogP contribution < -0.4 is 9.64 Å². The van der Waals surface area contributed by atoms with Gasteiger partial charge in [0.2, 0.25) is 11.7 Å². The monoisotopic (exact) mass is 435 g/mol. The summed E-state index contributed by atoms with van der Waals surface area (Å²) in [5.41, 5.74) is -0.548. The highest BCUT2D eigenvalue weighted by Gasteiger charge is 2.30. The third-order valence-corrected chi connectivity index (χ3v) is 5.56. The van der Waals surface area contributed by atoms with Gasteiger partial charge in [-0.3, -0.25) is 4.90 Å². The number of likely N-dealkylation sites (N-methyl/N-ethyl adjacent to an activating group) is 1. The lowest BCUT2D eigenvalue weighted by Gasteiger charge is -2.36. The molecule has 2 saturated heterocycles. The maximum atomic E-state index is 12.3. The molecular formula is C21H33N5O5. The number of hydrogen-bond donors (Lipinski definition) is 1. The average Bonchev–Trinajstić information content (AvgIpc) is 3.12. The van der Waals surface area contributed by atoms with Crippen molar-refractivity contribution < 1.29 is 24.2 Å². The molecule has 1 aromatic rings. The molecule has 1 N–H and O–H groups in total. The summed E-state index contributed by atoms with van der Waals surface area (Å²) in [6.07, 6.45) is 1.68. The van der Waals surface area contributed by atoms with Crippen LogP contribution in [0.4, 0.5) is 10.6 Å². The van der Waals surface area contributed by atoms with Gasteiger partial charge < -0.3 is 24.4 Å². The third kappa shape index (κ3) is 5.96. The number of piperazine rings is 1. The van der Waals surface area contributed by atoms with E-state index in [4.69, 9.17) is 9.47 Å². The number of aromatic carboxylic acids is 1. The molecule has 0 bridgehead atoms. The number of carbonyl (C=O) groups is 2. The summed E-state index contributed by atoms with van der Waals surface area (Å²) < 4.78 is 11.5. The molecule has 1 amide bonds. The fourth-order valence-corrected chi connectivity index (χ4v) is 3.97. The number of carbonyl (C=O) groups excluding carboxylic acids is 1. The largest absolute Gasteiger partial charge is 0.475 e. The third-order valence-electron chi connectivity index (χ3n) is 5.56. The molecule has 10 heteroatoms. The Morgan fingerprint density at radius 2 is 1.84 bits per heavy atom. The first-order valence-electron chi connectivity index (χ1n) is 10.8. The van der Waals surface area contributed by atoms with Crippen LogP contribution in [-0.2, 0) is 4.74 Å². The maximum absolute atomic E-state index is 12.3. The fraction of sp³-hybridized carbons (Fsp3) is 0.714. The summed E-state index contributed by atoms with van der Waals surface area (Å²) in [4.78, 5) is 38.0. The van der Waals surface area contributed by atoms with Crippen molar-refractivity contribution in [3.05, 3.63) is 11.9 Å². The Morgan fingerprint density at radius 1 is 1.16 bits per heavy atom. The summed E-state index contributed by atoms with van der Waals surface area (Å²) in [6, 6.07) is 1.95. The van der Waals surface area contributed by atoms with Crippen molar-refractivity contribution in [1.82, 2.24) is 19.8 Å². The number of carboxylic acids is 1. The Morgan fingerprint density at radius 3 is 2.39 bits per heavy atom. The van der Waals surface area contributed by atoms with E-state index in [1.165, 1.54) is 0 Å². The molecule has 3 rings (SSSR count). The molecule has 0 radical (unpaired) electrons. The quantitative estimate of drug-likeness (QED) is 0.743. The number of anilines is 1. The second-order valence-electron chi connectivity index (χ2n) is 9.16. The van der Waals surface area contributed by atoms with E-state index in [9.17, 15) is 14.7 Å². The molecule has 0 spiro atoms. The highest BCUT2D eigenvalue weighted by Crippen LogP contribution is 2.25. The molecule has 172 valence electrons. The molecule has 1 aromatic heterocycles. The number of amides is 1. The van der Waals surface area contributed by atoms with E-state index in [0.29, 0.717) is 32.0 Å². The van der Waals surface area contributed by atoms with Crippen LogP contribution >= 0.6 is 0 Å². The molecule has 2 fully saturated rings. The summed E-state index contributed by atoms with van der Waals surface area (Å²) in [5.74, 6) is -0.762. The minimum Gasteiger partial charge on any atom is -0.475 e. The van der Waals surface area contributed by atoms with Gasteiger partial charge in [0.1, 0.15) is 17.5 Å². The lowest BCUT2D eigenvalue weighted by molar-refractivity contribution is 0.0240. The summed E-state index contributed by atoms with van der Waals surface area (Å²) >= 11 is 0. The average molecular weight is 436 g/mol. The van der Waals surface area contributed by atoms with Gasteiger partial charge in [-0.15, -0.1) is 0 Å². The van der Waals surface area contributed by atoms with Gasteiger partial charge in [-0.2, -0.15) is 4.98 Å². The van der Waals surface area contributed by atoms with Gasteiger partial charge in [0.05, 0.1) is 0 Å². The Hall–Kier alpha value is -2.62. The number of nitrogens with zero attached hydrogens (tertiary/aromatic N) is 5. The van der Waals surface area contributed by atoms with Gasteiger partial charge >= 0.3 is 12.1 Å². The molecule has 10 nitrogen and oxygen atoms in total. The number of ether oxygens (including phenoxy) is 2. The second kappa shape index (κ2) is 9.25. The lowest BCUT2D eigenvalue weighted by Crippen LogP contribution is -2.50. The van der Waals surface area contributed by atoms with Gasteiger partial charge in [0.25, 0.3) is 0 Å². The van der Waals surface area contributed by atoms with Crippen LogP contribution in [-0.4, -0.2) is 94.5 Å². The molecular weight excluding hydrogens is 402 g/mol. The summed E-state index contributed by atoms with van der Waals surface area (Å²) in [7, 11) is 2.07. The number of hydrogen-bond acceptors (Lipinski definition) is 8. The van der Waals surface area contributed by atoms with Gasteiger partial charge in [0, 0.05) is 38.3 Å². The first-order chi connectivity index (χ1) is 14.5. The zero-order chi connectivity index (χ0) is 22.8. The topological polar surface area (TPSA) is 108 Å². The Kier molecular flexibility index (Phi) is 6.88. The molecule has 2 atom stereocenters. The second-order valence-corrected chi connectivity index (χ2v) is 9.16. The first kappa shape index (κ1) is 23.1. The fourth-order valence-electron chi connectivity index (χ4n) is 3.97. The highest BCUT2D eigenvalue weighted by molar-refractivity contribution is 5.83. The first-order valence-corrected chi connectivity index (χ1v) is 10.8. The van der Waals surface area contributed by atoms with E-state index >= 15 is 0 Å². The van der Waals surface area contributed by atoms with Crippen molar-refractivity contribution in [3.63, 3.8) is 0 Å². The van der Waals surface area contributed by atoms with Gasteiger partial charge in [0.15, 0.2) is 0 Å². The van der Waals surface area contributed by atoms with E-state index in [-0.39, 0.29) is 29.9 Å². The van der Waals surface area contributed by atoms with Crippen molar-refractivity contribution in [2.24, 2.45) is 0 Å². The number of likely N-dealkylation sites (tertiary alicyclic amines) is 1. The van der Waals surface area contributed by atoms with Crippen molar-refractivity contribution in [1.29, 1.82) is 0 Å². The Bertz CT molecular complexity index is 804. The summed E-state index contributed by atoms with van der Waals surface area (Å²) in [6.45, 7) is 10.4. The Balaban J connectivity index is 1.70. The Labute approximate surface area is 183 Å². The zero-order valence-corrected chi connectivity index (χ0v) is 19.0. The lowest BCUT2D eigenvalue weighted by atomic mass is 10.1. The molecule has 3 heterocycles. The number of carboxylic acid groups (broad SMARTS) is 1. The minimum absolute atomic E-state index is 0.124. The van der Waals surface area contributed by atoms with E-state index in [2.05, 4.69) is 21.9 Å². The maximum Gasteiger partial charge on any atom is 0.410 e. The standard InChI is InChI=1S/C21H33N5O5/c1-14(15-7-6-8-24(15)5)30-17-13-16(22-18(23-17)19(27)28)25-9-11-26(12-10-25)20(29)31-21(2,3)4/h13-15H,6-12H2,1-5H3,(H,27,28)/t14-,15-/m0/s1. The van der Waals surface area contributed by atoms with Crippen molar-refractivity contribution in [2.75, 3.05) is 44.7 Å². The van der Waals surface area contributed by atoms with E-state index in [1.54, 1.807) is 11.0 Å². The minimum atomic E-state index is -1.20. The van der Waals surface area contributed by atoms with Crippen LogP contribution in [0.1, 0.15) is 51.2 Å². The van der Waals surface area contributed by atoms with Crippen molar-refractivity contribution in [2.45, 2.75) is 58.3 Å². The van der Waals surface area contributed by atoms with Crippen LogP contribution in [0, 0.1) is 0 Å². The number of aromatic nitrogens is 2.